The average Bonchev–Trinajstić information content (AvgIpc) is 2.90. The van der Waals surface area contributed by atoms with Crippen LogP contribution in [0.2, 0.25) is 0 Å². The van der Waals surface area contributed by atoms with Crippen LogP contribution in [0, 0.1) is 5.82 Å². The Morgan fingerprint density at radius 1 is 0.842 bits per heavy atom. The molecule has 192 valence electrons. The maximum Gasteiger partial charge on any atom is 0.409 e. The number of hydrogen-bond acceptors (Lipinski definition) is 5. The van der Waals surface area contributed by atoms with Crippen molar-refractivity contribution in [1.29, 1.82) is 0 Å². The lowest BCUT2D eigenvalue weighted by Crippen LogP contribution is -2.19. The molecule has 0 radical (unpaired) electrons. The molecule has 1 aromatic heterocycles. The summed E-state index contributed by atoms with van der Waals surface area (Å²) in [6, 6.07) is 19.7. The van der Waals surface area contributed by atoms with Crippen molar-refractivity contribution in [3.63, 3.8) is 0 Å². The highest BCUT2D eigenvalue weighted by Gasteiger charge is 2.20. The Hall–Kier alpha value is -5.05. The molecule has 3 N–H and O–H groups in total. The third kappa shape index (κ3) is 6.01. The molecular weight excluding hydrogens is 487 g/mol. The lowest BCUT2D eigenvalue weighted by Gasteiger charge is -2.22. The minimum atomic E-state index is -1.34. The summed E-state index contributed by atoms with van der Waals surface area (Å²) >= 11 is 0. The first-order valence-corrected chi connectivity index (χ1v) is 11.7. The van der Waals surface area contributed by atoms with Crippen LogP contribution in [0.3, 0.4) is 0 Å². The van der Waals surface area contributed by atoms with Crippen molar-refractivity contribution >= 4 is 34.8 Å². The van der Waals surface area contributed by atoms with Crippen LogP contribution < -0.4 is 15.5 Å². The zero-order chi connectivity index (χ0) is 27.2. The predicted molar refractivity (Wildman–Crippen MR) is 145 cm³/mol. The van der Waals surface area contributed by atoms with Gasteiger partial charge in [-0.25, -0.2) is 9.18 Å². The van der Waals surface area contributed by atoms with E-state index in [1.54, 1.807) is 67.8 Å². The molecular formula is C29H25FN4O4. The van der Waals surface area contributed by atoms with E-state index >= 15 is 0 Å². The van der Waals surface area contributed by atoms with Crippen molar-refractivity contribution in [2.75, 3.05) is 29.6 Å². The zero-order valence-corrected chi connectivity index (χ0v) is 20.7. The van der Waals surface area contributed by atoms with E-state index in [1.807, 2.05) is 18.2 Å². The number of rotatable bonds is 8. The molecule has 9 heteroatoms. The van der Waals surface area contributed by atoms with E-state index in [1.165, 1.54) is 18.2 Å². The molecule has 0 unspecified atom stereocenters. The number of carbonyl (C=O) groups excluding carboxylic acids is 2. The van der Waals surface area contributed by atoms with E-state index in [2.05, 4.69) is 15.6 Å². The highest BCUT2D eigenvalue weighted by Crippen LogP contribution is 2.38. The van der Waals surface area contributed by atoms with E-state index in [0.717, 1.165) is 11.1 Å². The van der Waals surface area contributed by atoms with E-state index in [-0.39, 0.29) is 16.9 Å². The van der Waals surface area contributed by atoms with Crippen molar-refractivity contribution in [2.24, 2.45) is 0 Å². The summed E-state index contributed by atoms with van der Waals surface area (Å²) < 4.78 is 14.7. The summed E-state index contributed by atoms with van der Waals surface area (Å²) in [5.41, 5.74) is 3.47. The second kappa shape index (κ2) is 11.3. The van der Waals surface area contributed by atoms with Crippen LogP contribution in [0.1, 0.15) is 16.8 Å². The minimum absolute atomic E-state index is 0.0850. The summed E-state index contributed by atoms with van der Waals surface area (Å²) in [6.07, 6.45) is 1.48. The number of nitrogens with zero attached hydrogens (tertiary/aromatic N) is 2. The fourth-order valence-electron chi connectivity index (χ4n) is 4.03. The van der Waals surface area contributed by atoms with Gasteiger partial charge in [0.05, 0.1) is 17.8 Å². The number of aromatic nitrogens is 1. The first-order valence-electron chi connectivity index (χ1n) is 11.7. The lowest BCUT2D eigenvalue weighted by molar-refractivity contribution is -0.115. The number of anilines is 3. The van der Waals surface area contributed by atoms with Crippen molar-refractivity contribution < 1.29 is 23.9 Å². The predicted octanol–water partition coefficient (Wildman–Crippen LogP) is 5.92. The third-order valence-electron chi connectivity index (χ3n) is 5.82. The second-order valence-corrected chi connectivity index (χ2v) is 8.68. The molecule has 3 aromatic carbocycles. The molecule has 0 fully saturated rings. The van der Waals surface area contributed by atoms with Crippen LogP contribution in [0.5, 0.6) is 0 Å². The van der Waals surface area contributed by atoms with Crippen LogP contribution >= 0.6 is 0 Å². The first kappa shape index (κ1) is 26.0. The minimum Gasteiger partial charge on any atom is -0.465 e. The molecule has 0 bridgehead atoms. The number of carbonyl (C=O) groups is 3. The van der Waals surface area contributed by atoms with Crippen molar-refractivity contribution in [3.05, 3.63) is 96.6 Å². The van der Waals surface area contributed by atoms with Gasteiger partial charge in [-0.05, 0) is 47.5 Å². The topological polar surface area (TPSA) is 112 Å². The summed E-state index contributed by atoms with van der Waals surface area (Å²) in [5.74, 6) is -1.53. The average molecular weight is 513 g/mol. The number of hydrogen-bond donors (Lipinski definition) is 3. The second-order valence-electron chi connectivity index (χ2n) is 8.68. The van der Waals surface area contributed by atoms with Gasteiger partial charge in [-0.1, -0.05) is 36.4 Å². The maximum absolute atomic E-state index is 14.7. The number of benzene rings is 3. The molecule has 0 atom stereocenters. The molecule has 4 aromatic rings. The molecule has 1 heterocycles. The number of Topliss-reactive ketones (excluding diaryl/α,β-unsaturated/α-hetero) is 1. The maximum atomic E-state index is 14.7. The molecule has 0 aliphatic heterocycles. The highest BCUT2D eigenvalue weighted by atomic mass is 19.1. The number of amides is 2. The number of halogens is 1. The Bertz CT molecular complexity index is 1510. The van der Waals surface area contributed by atoms with Crippen LogP contribution in [0.4, 0.5) is 26.2 Å². The van der Waals surface area contributed by atoms with Gasteiger partial charge in [0.1, 0.15) is 5.82 Å². The van der Waals surface area contributed by atoms with E-state index in [4.69, 9.17) is 0 Å². The molecule has 4 rings (SSSR count). The normalized spacial score (nSPS) is 10.5. The number of nitrogens with one attached hydrogen (secondary N) is 2. The van der Waals surface area contributed by atoms with E-state index < -0.39 is 30.0 Å². The summed E-state index contributed by atoms with van der Waals surface area (Å²) in [5, 5.41) is 14.2. The Morgan fingerprint density at radius 3 is 2.24 bits per heavy atom. The van der Waals surface area contributed by atoms with Crippen molar-refractivity contribution in [3.8, 4) is 22.3 Å². The smallest absolute Gasteiger partial charge is 0.409 e. The first-order chi connectivity index (χ1) is 18.2. The van der Waals surface area contributed by atoms with Crippen molar-refractivity contribution in [1.82, 2.24) is 4.98 Å². The van der Waals surface area contributed by atoms with Gasteiger partial charge >= 0.3 is 6.09 Å². The van der Waals surface area contributed by atoms with Gasteiger partial charge in [-0.2, -0.15) is 0 Å². The number of pyridine rings is 1. The molecule has 2 amide bonds. The van der Waals surface area contributed by atoms with Gasteiger partial charge in [0, 0.05) is 48.9 Å². The molecule has 0 aliphatic rings. The lowest BCUT2D eigenvalue weighted by atomic mass is 9.99. The Labute approximate surface area is 218 Å². The molecule has 38 heavy (non-hydrogen) atoms. The van der Waals surface area contributed by atoms with Crippen LogP contribution in [0.15, 0.2) is 85.2 Å². The standard InChI is InChI=1S/C29H25FN4O4/c1-34(2)26-16-25(33-29(37)38)24(15-22(26)21-8-3-4-9-23(21)30)32-28(36)17-27(35)20-7-5-6-19(14-20)18-10-12-31-13-11-18/h3-16,33H,17H2,1-2H3,(H,32,36)(H,37,38). The van der Waals surface area contributed by atoms with E-state index in [9.17, 15) is 23.9 Å². The van der Waals surface area contributed by atoms with Gasteiger partial charge in [-0.15, -0.1) is 0 Å². The number of carboxylic acid groups (broad SMARTS) is 1. The third-order valence-corrected chi connectivity index (χ3v) is 5.82. The molecule has 8 nitrogen and oxygen atoms in total. The SMILES string of the molecule is CN(C)c1cc(NC(=O)O)c(NC(=O)CC(=O)c2cccc(-c3ccncc3)c2)cc1-c1ccccc1F. The largest absolute Gasteiger partial charge is 0.465 e. The quantitative estimate of drug-likeness (QED) is 0.200. The highest BCUT2D eigenvalue weighted by molar-refractivity contribution is 6.12. The Kier molecular flexibility index (Phi) is 7.77. The monoisotopic (exact) mass is 512 g/mol. The fourth-order valence-corrected chi connectivity index (χ4v) is 4.03. The van der Waals surface area contributed by atoms with Crippen LogP contribution in [-0.4, -0.2) is 42.0 Å². The molecule has 0 spiro atoms. The molecule has 0 aliphatic carbocycles. The van der Waals surface area contributed by atoms with Crippen molar-refractivity contribution in [2.45, 2.75) is 6.42 Å². The molecule has 0 saturated carbocycles. The summed E-state index contributed by atoms with van der Waals surface area (Å²) in [4.78, 5) is 43.0. The summed E-state index contributed by atoms with van der Waals surface area (Å²) in [6.45, 7) is 0. The van der Waals surface area contributed by atoms with Gasteiger partial charge in [0.25, 0.3) is 0 Å². The van der Waals surface area contributed by atoms with Gasteiger partial charge in [-0.3, -0.25) is 19.9 Å². The van der Waals surface area contributed by atoms with Gasteiger partial charge < -0.3 is 15.3 Å². The Balaban J connectivity index is 1.63. The fraction of sp³-hybridized carbons (Fsp3) is 0.103. The zero-order valence-electron chi connectivity index (χ0n) is 20.7. The van der Waals surface area contributed by atoms with E-state index in [0.29, 0.717) is 16.8 Å². The van der Waals surface area contributed by atoms with Gasteiger partial charge in [0.2, 0.25) is 5.91 Å². The number of ketones is 1. The van der Waals surface area contributed by atoms with Gasteiger partial charge in [0.15, 0.2) is 5.78 Å². The summed E-state index contributed by atoms with van der Waals surface area (Å²) in [7, 11) is 3.47. The molecule has 0 saturated heterocycles. The Morgan fingerprint density at radius 2 is 1.55 bits per heavy atom. The van der Waals surface area contributed by atoms with Crippen LogP contribution in [0.25, 0.3) is 22.3 Å². The van der Waals surface area contributed by atoms with Crippen LogP contribution in [-0.2, 0) is 4.79 Å².